The Morgan fingerprint density at radius 2 is 1.51 bits per heavy atom. The lowest BCUT2D eigenvalue weighted by atomic mass is 9.84. The van der Waals surface area contributed by atoms with Crippen molar-refractivity contribution in [1.82, 2.24) is 4.90 Å². The van der Waals surface area contributed by atoms with Gasteiger partial charge in [0.1, 0.15) is 0 Å². The second kappa shape index (κ2) is 13.3. The molecule has 4 N–H and O–H groups in total. The molecule has 0 saturated carbocycles. The van der Waals surface area contributed by atoms with Gasteiger partial charge >= 0.3 is 0 Å². The maximum absolute atomic E-state index is 11.4. The molecule has 6 rings (SSSR count). The molecule has 2 heterocycles. The molecule has 0 radical (unpaired) electrons. The van der Waals surface area contributed by atoms with Crippen LogP contribution in [0.15, 0.2) is 97.1 Å². The fraction of sp³-hybridized carbons (Fsp3) is 0.333. The molecule has 3 atom stereocenters. The molecular weight excluding hydrogens is 560 g/mol. The van der Waals surface area contributed by atoms with E-state index in [9.17, 15) is 10.2 Å². The predicted molar refractivity (Wildman–Crippen MR) is 169 cm³/mol. The Bertz CT molecular complexity index is 1490. The largest absolute Gasteiger partial charge is 0.392 e. The second-order valence-corrected chi connectivity index (χ2v) is 12.2. The molecule has 2 saturated heterocycles. The minimum absolute atomic E-state index is 0.0119. The molecule has 0 spiro atoms. The molecule has 7 heteroatoms. The van der Waals surface area contributed by atoms with Crippen molar-refractivity contribution in [2.24, 2.45) is 5.73 Å². The second-order valence-electron chi connectivity index (χ2n) is 11.7. The van der Waals surface area contributed by atoms with Gasteiger partial charge in [-0.3, -0.25) is 0 Å². The van der Waals surface area contributed by atoms with E-state index >= 15 is 0 Å². The normalized spacial score (nSPS) is 22.4. The first-order valence-corrected chi connectivity index (χ1v) is 15.4. The van der Waals surface area contributed by atoms with Crippen LogP contribution in [-0.2, 0) is 28.2 Å². The number of nitrogens with zero attached hydrogens (tertiary/aromatic N) is 1. The molecule has 4 aromatic carbocycles. The van der Waals surface area contributed by atoms with E-state index in [1.54, 1.807) is 0 Å². The number of rotatable bonds is 8. The van der Waals surface area contributed by atoms with Gasteiger partial charge in [-0.25, -0.2) is 0 Å². The van der Waals surface area contributed by atoms with Gasteiger partial charge in [0.25, 0.3) is 0 Å². The third kappa shape index (κ3) is 7.03. The van der Waals surface area contributed by atoms with Crippen LogP contribution in [0.4, 0.5) is 0 Å². The van der Waals surface area contributed by atoms with Gasteiger partial charge in [0, 0.05) is 43.2 Å². The van der Waals surface area contributed by atoms with Crippen LogP contribution in [-0.4, -0.2) is 40.9 Å². The molecule has 0 bridgehead atoms. The first-order valence-electron chi connectivity index (χ1n) is 15.0. The first-order chi connectivity index (χ1) is 20.9. The highest BCUT2D eigenvalue weighted by atomic mass is 35.5. The summed E-state index contributed by atoms with van der Waals surface area (Å²) in [5, 5.41) is 21.6. The lowest BCUT2D eigenvalue weighted by Gasteiger charge is -2.42. The molecule has 4 aromatic rings. The van der Waals surface area contributed by atoms with Gasteiger partial charge in [-0.05, 0) is 64.4 Å². The fourth-order valence-corrected chi connectivity index (χ4v) is 6.31. The average Bonchev–Trinajstić information content (AvgIpc) is 3.06. The number of hydrogen-bond donors (Lipinski definition) is 3. The highest BCUT2D eigenvalue weighted by Gasteiger charge is 2.37. The van der Waals surface area contributed by atoms with Crippen molar-refractivity contribution in [3.63, 3.8) is 0 Å². The highest BCUT2D eigenvalue weighted by Crippen LogP contribution is 2.40. The van der Waals surface area contributed by atoms with E-state index in [1.165, 1.54) is 0 Å². The lowest BCUT2D eigenvalue weighted by Crippen LogP contribution is -2.46. The zero-order valence-corrected chi connectivity index (χ0v) is 25.0. The van der Waals surface area contributed by atoms with Crippen molar-refractivity contribution >= 4 is 11.6 Å². The molecule has 6 nitrogen and oxygen atoms in total. The molecule has 2 aliphatic heterocycles. The zero-order valence-electron chi connectivity index (χ0n) is 24.2. The van der Waals surface area contributed by atoms with Gasteiger partial charge in [-0.15, -0.1) is 0 Å². The van der Waals surface area contributed by atoms with E-state index < -0.39 is 11.9 Å². The number of aliphatic hydroxyl groups is 2. The molecule has 224 valence electrons. The summed E-state index contributed by atoms with van der Waals surface area (Å²) < 4.78 is 13.2. The monoisotopic (exact) mass is 598 g/mol. The Kier molecular flexibility index (Phi) is 9.26. The molecule has 43 heavy (non-hydrogen) atoms. The summed E-state index contributed by atoms with van der Waals surface area (Å²) in [4.78, 5) is 2.39. The Morgan fingerprint density at radius 3 is 2.19 bits per heavy atom. The van der Waals surface area contributed by atoms with Crippen molar-refractivity contribution in [3.05, 3.63) is 130 Å². The number of benzene rings is 4. The summed E-state index contributed by atoms with van der Waals surface area (Å²) in [7, 11) is 0. The van der Waals surface area contributed by atoms with Crippen molar-refractivity contribution in [2.75, 3.05) is 19.6 Å². The first kappa shape index (κ1) is 30.0. The quantitative estimate of drug-likeness (QED) is 0.215. The van der Waals surface area contributed by atoms with Gasteiger partial charge in [-0.2, -0.15) is 0 Å². The van der Waals surface area contributed by atoms with Crippen molar-refractivity contribution in [2.45, 2.75) is 56.5 Å². The number of nitrogens with two attached hydrogens (primary N) is 1. The van der Waals surface area contributed by atoms with Crippen LogP contribution in [0.3, 0.4) is 0 Å². The summed E-state index contributed by atoms with van der Waals surface area (Å²) in [6, 6.07) is 32.2. The molecular formula is C36H39ClN2O4. The van der Waals surface area contributed by atoms with Crippen LogP contribution in [0.2, 0.25) is 5.02 Å². The van der Waals surface area contributed by atoms with E-state index in [1.807, 2.05) is 60.7 Å². The Morgan fingerprint density at radius 1 is 0.814 bits per heavy atom. The minimum atomic E-state index is -0.845. The van der Waals surface area contributed by atoms with E-state index in [-0.39, 0.29) is 18.8 Å². The average molecular weight is 599 g/mol. The Labute approximate surface area is 258 Å². The number of hydrogen-bond acceptors (Lipinski definition) is 6. The van der Waals surface area contributed by atoms with Gasteiger partial charge in [0.2, 0.25) is 0 Å². The van der Waals surface area contributed by atoms with Crippen LogP contribution < -0.4 is 5.73 Å². The van der Waals surface area contributed by atoms with E-state index in [0.717, 1.165) is 65.0 Å². The van der Waals surface area contributed by atoms with Gasteiger partial charge in [0.15, 0.2) is 6.29 Å². The molecule has 0 unspecified atom stereocenters. The van der Waals surface area contributed by atoms with E-state index in [2.05, 4.69) is 41.3 Å². The maximum atomic E-state index is 11.4. The SMILES string of the molecule is NCc1cccc(-c2ccc([C@@H]3O[C@H](CN4CCC(O)(c5ccc(Cl)cc5)CC4)C[C@H](c4ccc(CO)cc4)O3)cc2)c1. The zero-order chi connectivity index (χ0) is 29.8. The van der Waals surface area contributed by atoms with Gasteiger partial charge in [0.05, 0.1) is 24.4 Å². The molecule has 0 aliphatic carbocycles. The number of halogens is 1. The number of likely N-dealkylation sites (tertiary alicyclic amines) is 1. The summed E-state index contributed by atoms with van der Waals surface area (Å²) in [5.41, 5.74) is 12.2. The molecule has 0 aromatic heterocycles. The third-order valence-electron chi connectivity index (χ3n) is 8.82. The fourth-order valence-electron chi connectivity index (χ4n) is 6.19. The number of ether oxygens (including phenoxy) is 2. The van der Waals surface area contributed by atoms with Crippen LogP contribution in [0, 0.1) is 0 Å². The van der Waals surface area contributed by atoms with Crippen molar-refractivity contribution < 1.29 is 19.7 Å². The minimum Gasteiger partial charge on any atom is -0.392 e. The van der Waals surface area contributed by atoms with E-state index in [4.69, 9.17) is 26.8 Å². The number of aliphatic hydroxyl groups excluding tert-OH is 1. The Balaban J connectivity index is 1.18. The van der Waals surface area contributed by atoms with Gasteiger partial charge < -0.3 is 30.3 Å². The molecule has 2 aliphatic rings. The smallest absolute Gasteiger partial charge is 0.184 e. The summed E-state index contributed by atoms with van der Waals surface area (Å²) in [5.74, 6) is 0. The number of piperidine rings is 1. The lowest BCUT2D eigenvalue weighted by molar-refractivity contribution is -0.253. The Hall–Kier alpha value is -3.07. The van der Waals surface area contributed by atoms with Crippen molar-refractivity contribution in [1.29, 1.82) is 0 Å². The molecule has 0 amide bonds. The standard InChI is InChI=1S/C36H39ClN2O4/c37-32-14-12-31(13-15-32)36(41)16-18-39(19-17-36)23-33-21-34(28-6-4-25(24-40)5-7-28)43-35(42-33)29-10-8-27(9-11-29)30-3-1-2-26(20-30)22-38/h1-15,20,33-35,40-41H,16-19,21-24,38H2/t33-,34+,35+/m0/s1. The summed E-state index contributed by atoms with van der Waals surface area (Å²) >= 11 is 6.07. The molecule has 2 fully saturated rings. The van der Waals surface area contributed by atoms with Crippen molar-refractivity contribution in [3.8, 4) is 11.1 Å². The van der Waals surface area contributed by atoms with Crippen LogP contribution >= 0.6 is 11.6 Å². The van der Waals surface area contributed by atoms with Crippen LogP contribution in [0.1, 0.15) is 59.5 Å². The summed E-state index contributed by atoms with van der Waals surface area (Å²) in [6.45, 7) is 2.83. The highest BCUT2D eigenvalue weighted by molar-refractivity contribution is 6.30. The summed E-state index contributed by atoms with van der Waals surface area (Å²) in [6.07, 6.45) is 1.32. The van der Waals surface area contributed by atoms with Crippen LogP contribution in [0.25, 0.3) is 11.1 Å². The van der Waals surface area contributed by atoms with E-state index in [0.29, 0.717) is 24.4 Å². The maximum Gasteiger partial charge on any atom is 0.184 e. The van der Waals surface area contributed by atoms with Crippen LogP contribution in [0.5, 0.6) is 0 Å². The third-order valence-corrected chi connectivity index (χ3v) is 9.07. The van der Waals surface area contributed by atoms with Gasteiger partial charge in [-0.1, -0.05) is 90.5 Å². The predicted octanol–water partition coefficient (Wildman–Crippen LogP) is 6.49. The topological polar surface area (TPSA) is 88.2 Å².